The molecule has 0 spiro atoms. The summed E-state index contributed by atoms with van der Waals surface area (Å²) >= 11 is 0. The van der Waals surface area contributed by atoms with Gasteiger partial charge in [0.25, 0.3) is 0 Å². The van der Waals surface area contributed by atoms with Crippen LogP contribution in [0.2, 0.25) is 0 Å². The number of carbonyl (C=O) groups is 1. The molecule has 2 aromatic heterocycles. The van der Waals surface area contributed by atoms with Gasteiger partial charge in [-0.1, -0.05) is 41.6 Å². The van der Waals surface area contributed by atoms with Crippen LogP contribution >= 0.6 is 0 Å². The van der Waals surface area contributed by atoms with E-state index in [0.717, 1.165) is 10.9 Å². The van der Waals surface area contributed by atoms with Gasteiger partial charge in [-0.2, -0.15) is 4.98 Å². The number of nitrogens with one attached hydrogen (secondary N) is 1. The van der Waals surface area contributed by atoms with E-state index in [9.17, 15) is 4.79 Å². The number of fused-ring (bicyclic) bond motifs is 1. The number of hydrogen-bond acceptors (Lipinski definition) is 5. The molecule has 0 aliphatic rings. The lowest BCUT2D eigenvalue weighted by Gasteiger charge is -2.06. The van der Waals surface area contributed by atoms with Gasteiger partial charge in [-0.25, -0.2) is 0 Å². The van der Waals surface area contributed by atoms with E-state index < -0.39 is 0 Å². The largest absolute Gasteiger partial charge is 0.461 e. The monoisotopic (exact) mass is 347 g/mol. The number of amides is 1. The predicted molar refractivity (Wildman–Crippen MR) is 96.1 cm³/mol. The molecule has 0 atom stereocenters. The zero-order chi connectivity index (χ0) is 17.8. The maximum atomic E-state index is 12.1. The molecule has 0 bridgehead atoms. The van der Waals surface area contributed by atoms with Crippen molar-refractivity contribution in [3.05, 3.63) is 72.3 Å². The Bertz CT molecular complexity index is 1020. The van der Waals surface area contributed by atoms with Gasteiger partial charge in [-0.3, -0.25) is 4.79 Å². The average Bonchev–Trinajstić information content (AvgIpc) is 3.36. The minimum absolute atomic E-state index is 0.0593. The quantitative estimate of drug-likeness (QED) is 0.575. The lowest BCUT2D eigenvalue weighted by molar-refractivity contribution is -0.121. The van der Waals surface area contributed by atoms with Gasteiger partial charge in [0.2, 0.25) is 17.6 Å². The normalized spacial score (nSPS) is 10.9. The Kier molecular flexibility index (Phi) is 4.47. The van der Waals surface area contributed by atoms with E-state index in [4.69, 9.17) is 8.94 Å². The smallest absolute Gasteiger partial charge is 0.238 e. The first kappa shape index (κ1) is 16.1. The molecule has 6 nitrogen and oxygen atoms in total. The van der Waals surface area contributed by atoms with Crippen LogP contribution in [-0.2, 0) is 17.8 Å². The van der Waals surface area contributed by atoms with Crippen molar-refractivity contribution >= 4 is 16.7 Å². The molecule has 0 radical (unpaired) electrons. The van der Waals surface area contributed by atoms with E-state index in [1.165, 1.54) is 5.39 Å². The summed E-state index contributed by atoms with van der Waals surface area (Å²) in [6.07, 6.45) is 2.22. The number of rotatable bonds is 6. The van der Waals surface area contributed by atoms with Gasteiger partial charge in [0.05, 0.1) is 6.26 Å². The maximum absolute atomic E-state index is 12.1. The summed E-state index contributed by atoms with van der Waals surface area (Å²) in [5.74, 6) is 1.29. The number of nitrogens with zero attached hydrogens (tertiary/aromatic N) is 2. The lowest BCUT2D eigenvalue weighted by atomic mass is 10.1. The van der Waals surface area contributed by atoms with Crippen LogP contribution in [0.3, 0.4) is 0 Å². The average molecular weight is 347 g/mol. The molecule has 0 saturated carbocycles. The molecular formula is C20H17N3O3. The van der Waals surface area contributed by atoms with Crippen LogP contribution in [0.5, 0.6) is 0 Å². The molecule has 1 amide bonds. The highest BCUT2D eigenvalue weighted by Crippen LogP contribution is 2.17. The topological polar surface area (TPSA) is 81.2 Å². The molecular weight excluding hydrogens is 330 g/mol. The van der Waals surface area contributed by atoms with Crippen LogP contribution in [-0.4, -0.2) is 16.0 Å². The molecule has 0 unspecified atom stereocenters. The summed E-state index contributed by atoms with van der Waals surface area (Å²) in [5.41, 5.74) is 1.06. The number of benzene rings is 2. The van der Waals surface area contributed by atoms with Crippen molar-refractivity contribution in [2.75, 3.05) is 0 Å². The van der Waals surface area contributed by atoms with Gasteiger partial charge in [-0.05, 0) is 34.5 Å². The van der Waals surface area contributed by atoms with E-state index in [1.54, 1.807) is 18.4 Å². The molecule has 4 aromatic rings. The third-order valence-corrected chi connectivity index (χ3v) is 4.08. The van der Waals surface area contributed by atoms with Crippen LogP contribution in [0.15, 0.2) is 69.8 Å². The van der Waals surface area contributed by atoms with Crippen molar-refractivity contribution in [2.45, 2.75) is 19.4 Å². The molecule has 2 aromatic carbocycles. The number of aryl methyl sites for hydroxylation is 1. The molecule has 2 heterocycles. The Morgan fingerprint density at radius 1 is 1.04 bits per heavy atom. The fraction of sp³-hybridized carbons (Fsp3) is 0.150. The summed E-state index contributed by atoms with van der Waals surface area (Å²) in [6.45, 7) is 0.491. The van der Waals surface area contributed by atoms with E-state index in [1.807, 2.05) is 18.2 Å². The molecule has 0 aliphatic carbocycles. The summed E-state index contributed by atoms with van der Waals surface area (Å²) in [4.78, 5) is 16.3. The molecule has 26 heavy (non-hydrogen) atoms. The highest BCUT2D eigenvalue weighted by Gasteiger charge is 2.12. The fourth-order valence-electron chi connectivity index (χ4n) is 2.72. The zero-order valence-corrected chi connectivity index (χ0v) is 14.0. The summed E-state index contributed by atoms with van der Waals surface area (Å²) in [7, 11) is 0. The Labute approximate surface area is 149 Å². The minimum Gasteiger partial charge on any atom is -0.461 e. The number of aromatic nitrogens is 2. The SMILES string of the molecule is O=C(CCc1nc(-c2ccco2)no1)NCc1ccc2ccccc2c1. The molecule has 130 valence electrons. The summed E-state index contributed by atoms with van der Waals surface area (Å²) in [5, 5.41) is 9.12. The van der Waals surface area contributed by atoms with Crippen molar-refractivity contribution in [2.24, 2.45) is 0 Å². The molecule has 4 rings (SSSR count). The van der Waals surface area contributed by atoms with E-state index in [0.29, 0.717) is 30.4 Å². The molecule has 1 N–H and O–H groups in total. The van der Waals surface area contributed by atoms with Gasteiger partial charge in [0.1, 0.15) is 0 Å². The predicted octanol–water partition coefficient (Wildman–Crippen LogP) is 3.73. The molecule has 6 heteroatoms. The highest BCUT2D eigenvalue weighted by atomic mass is 16.5. The Morgan fingerprint density at radius 3 is 2.77 bits per heavy atom. The van der Waals surface area contributed by atoms with E-state index >= 15 is 0 Å². The number of carbonyl (C=O) groups excluding carboxylic acids is 1. The Hall–Kier alpha value is -3.41. The van der Waals surface area contributed by atoms with Crippen molar-refractivity contribution in [3.63, 3.8) is 0 Å². The Balaban J connectivity index is 1.30. The first-order chi connectivity index (χ1) is 12.8. The fourth-order valence-corrected chi connectivity index (χ4v) is 2.72. The van der Waals surface area contributed by atoms with Gasteiger partial charge in [-0.15, -0.1) is 0 Å². The van der Waals surface area contributed by atoms with Crippen LogP contribution in [0.25, 0.3) is 22.4 Å². The van der Waals surface area contributed by atoms with Crippen molar-refractivity contribution < 1.29 is 13.7 Å². The highest BCUT2D eigenvalue weighted by molar-refractivity contribution is 5.83. The maximum Gasteiger partial charge on any atom is 0.238 e. The molecule has 0 aliphatic heterocycles. The first-order valence-electron chi connectivity index (χ1n) is 8.39. The second-order valence-corrected chi connectivity index (χ2v) is 5.95. The Morgan fingerprint density at radius 2 is 1.92 bits per heavy atom. The molecule has 0 fully saturated rings. The first-order valence-corrected chi connectivity index (χ1v) is 8.39. The van der Waals surface area contributed by atoms with Crippen LogP contribution in [0.1, 0.15) is 17.9 Å². The second kappa shape index (κ2) is 7.23. The van der Waals surface area contributed by atoms with E-state index in [2.05, 4.69) is 39.7 Å². The van der Waals surface area contributed by atoms with Crippen molar-refractivity contribution in [1.29, 1.82) is 0 Å². The third kappa shape index (κ3) is 3.64. The van der Waals surface area contributed by atoms with Crippen LogP contribution in [0, 0.1) is 0 Å². The van der Waals surface area contributed by atoms with Crippen LogP contribution in [0.4, 0.5) is 0 Å². The van der Waals surface area contributed by atoms with Crippen molar-refractivity contribution in [3.8, 4) is 11.6 Å². The number of hydrogen-bond donors (Lipinski definition) is 1. The standard InChI is InChI=1S/C20H17N3O3/c24-18(9-10-19-22-20(23-26-19)17-6-3-11-25-17)21-13-14-7-8-15-4-1-2-5-16(15)12-14/h1-8,11-12H,9-10,13H2,(H,21,24). The van der Waals surface area contributed by atoms with Crippen molar-refractivity contribution in [1.82, 2.24) is 15.5 Å². The second-order valence-electron chi connectivity index (χ2n) is 5.95. The van der Waals surface area contributed by atoms with Crippen LogP contribution < -0.4 is 5.32 Å². The van der Waals surface area contributed by atoms with Gasteiger partial charge < -0.3 is 14.3 Å². The third-order valence-electron chi connectivity index (χ3n) is 4.08. The van der Waals surface area contributed by atoms with Gasteiger partial charge in [0, 0.05) is 19.4 Å². The minimum atomic E-state index is -0.0593. The summed E-state index contributed by atoms with van der Waals surface area (Å²) in [6, 6.07) is 17.8. The van der Waals surface area contributed by atoms with E-state index in [-0.39, 0.29) is 12.3 Å². The number of furan rings is 1. The van der Waals surface area contributed by atoms with Gasteiger partial charge in [0.15, 0.2) is 5.76 Å². The van der Waals surface area contributed by atoms with Gasteiger partial charge >= 0.3 is 0 Å². The zero-order valence-electron chi connectivity index (χ0n) is 14.0. The molecule has 0 saturated heterocycles. The summed E-state index contributed by atoms with van der Waals surface area (Å²) < 4.78 is 10.4. The lowest BCUT2D eigenvalue weighted by Crippen LogP contribution is -2.23.